The van der Waals surface area contributed by atoms with Crippen LogP contribution in [0.15, 0.2) is 24.3 Å². The van der Waals surface area contributed by atoms with E-state index < -0.39 is 17.8 Å². The molecule has 0 aliphatic rings. The second-order valence-electron chi connectivity index (χ2n) is 4.75. The summed E-state index contributed by atoms with van der Waals surface area (Å²) < 4.78 is 37.3. The van der Waals surface area contributed by atoms with Gasteiger partial charge in [-0.15, -0.1) is 0 Å². The van der Waals surface area contributed by atoms with Gasteiger partial charge in [-0.2, -0.15) is 13.2 Å². The standard InChI is InChI=1S/C14H19F3N2O/c1-3-4-12(18)13(20)19-9(2)10-5-7-11(8-6-10)14(15,16)17/h5-9,12H,3-4,18H2,1-2H3,(H,19,20)/t9?,12-/m1/s1. The first-order chi connectivity index (χ1) is 9.25. The molecule has 0 saturated heterocycles. The van der Waals surface area contributed by atoms with Crippen LogP contribution in [0.4, 0.5) is 13.2 Å². The van der Waals surface area contributed by atoms with Gasteiger partial charge in [-0.1, -0.05) is 25.5 Å². The highest BCUT2D eigenvalue weighted by molar-refractivity contribution is 5.81. The highest BCUT2D eigenvalue weighted by atomic mass is 19.4. The first kappa shape index (κ1) is 16.5. The van der Waals surface area contributed by atoms with Crippen molar-refractivity contribution in [3.05, 3.63) is 35.4 Å². The molecule has 1 unspecified atom stereocenters. The minimum absolute atomic E-state index is 0.292. The molecule has 1 rings (SSSR count). The molecular formula is C14H19F3N2O. The molecule has 0 heterocycles. The van der Waals surface area contributed by atoms with Gasteiger partial charge in [-0.25, -0.2) is 0 Å². The number of rotatable bonds is 5. The molecule has 6 heteroatoms. The van der Waals surface area contributed by atoms with E-state index in [4.69, 9.17) is 5.73 Å². The maximum atomic E-state index is 12.4. The predicted octanol–water partition coefficient (Wildman–Crippen LogP) is 3.01. The third kappa shape index (κ3) is 4.52. The summed E-state index contributed by atoms with van der Waals surface area (Å²) in [6, 6.07) is 3.76. The Kier molecular flexibility index (Phi) is 5.56. The van der Waals surface area contributed by atoms with Crippen molar-refractivity contribution in [2.75, 3.05) is 0 Å². The molecule has 0 fully saturated rings. The first-order valence-corrected chi connectivity index (χ1v) is 6.48. The Bertz CT molecular complexity index is 443. The SMILES string of the molecule is CCC[C@@H](N)C(=O)NC(C)c1ccc(C(F)(F)F)cc1. The van der Waals surface area contributed by atoms with Gasteiger partial charge >= 0.3 is 6.18 Å². The quantitative estimate of drug-likeness (QED) is 0.875. The zero-order chi connectivity index (χ0) is 15.3. The number of carbonyl (C=O) groups is 1. The van der Waals surface area contributed by atoms with Crippen molar-refractivity contribution in [3.63, 3.8) is 0 Å². The molecule has 0 spiro atoms. The molecule has 0 aliphatic heterocycles. The summed E-state index contributed by atoms with van der Waals surface area (Å²) in [6.07, 6.45) is -2.98. The first-order valence-electron chi connectivity index (χ1n) is 6.48. The lowest BCUT2D eigenvalue weighted by atomic mass is 10.0. The Hall–Kier alpha value is -1.56. The summed E-state index contributed by atoms with van der Waals surface area (Å²) in [7, 11) is 0. The highest BCUT2D eigenvalue weighted by Gasteiger charge is 2.30. The van der Waals surface area contributed by atoms with Gasteiger partial charge in [-0.05, 0) is 31.0 Å². The lowest BCUT2D eigenvalue weighted by Crippen LogP contribution is -2.41. The Morgan fingerprint density at radius 1 is 1.30 bits per heavy atom. The van der Waals surface area contributed by atoms with Crippen LogP contribution in [0.25, 0.3) is 0 Å². The molecule has 20 heavy (non-hydrogen) atoms. The van der Waals surface area contributed by atoms with Crippen LogP contribution in [0.3, 0.4) is 0 Å². The lowest BCUT2D eigenvalue weighted by molar-refractivity contribution is -0.137. The van der Waals surface area contributed by atoms with Crippen molar-refractivity contribution < 1.29 is 18.0 Å². The Morgan fingerprint density at radius 2 is 1.85 bits per heavy atom. The summed E-state index contributed by atoms with van der Waals surface area (Å²) >= 11 is 0. The second-order valence-corrected chi connectivity index (χ2v) is 4.75. The molecular weight excluding hydrogens is 269 g/mol. The van der Waals surface area contributed by atoms with Gasteiger partial charge in [0.2, 0.25) is 5.91 Å². The van der Waals surface area contributed by atoms with Gasteiger partial charge in [0.25, 0.3) is 0 Å². The number of hydrogen-bond acceptors (Lipinski definition) is 2. The van der Waals surface area contributed by atoms with Crippen LogP contribution in [-0.2, 0) is 11.0 Å². The molecule has 0 radical (unpaired) electrons. The normalized spacial score (nSPS) is 14.7. The van der Waals surface area contributed by atoms with Crippen molar-refractivity contribution in [3.8, 4) is 0 Å². The highest BCUT2D eigenvalue weighted by Crippen LogP contribution is 2.29. The molecule has 2 atom stereocenters. The summed E-state index contributed by atoms with van der Waals surface area (Å²) in [5.74, 6) is -0.292. The topological polar surface area (TPSA) is 55.1 Å². The average molecular weight is 288 g/mol. The van der Waals surface area contributed by atoms with Crippen molar-refractivity contribution >= 4 is 5.91 Å². The number of benzene rings is 1. The average Bonchev–Trinajstić information content (AvgIpc) is 2.38. The predicted molar refractivity (Wildman–Crippen MR) is 70.9 cm³/mol. The second kappa shape index (κ2) is 6.74. The van der Waals surface area contributed by atoms with E-state index in [1.807, 2.05) is 6.92 Å². The molecule has 0 aliphatic carbocycles. The third-order valence-electron chi connectivity index (χ3n) is 3.03. The van der Waals surface area contributed by atoms with Gasteiger partial charge in [0.05, 0.1) is 17.6 Å². The summed E-state index contributed by atoms with van der Waals surface area (Å²) in [4.78, 5) is 11.7. The van der Waals surface area contributed by atoms with E-state index in [0.29, 0.717) is 12.0 Å². The zero-order valence-corrected chi connectivity index (χ0v) is 11.5. The number of carbonyl (C=O) groups excluding carboxylic acids is 1. The molecule has 1 aromatic rings. The van der Waals surface area contributed by atoms with Crippen LogP contribution in [0.5, 0.6) is 0 Å². The molecule has 0 bridgehead atoms. The molecule has 112 valence electrons. The van der Waals surface area contributed by atoms with Crippen LogP contribution in [0.2, 0.25) is 0 Å². The maximum Gasteiger partial charge on any atom is 0.416 e. The van der Waals surface area contributed by atoms with Crippen LogP contribution < -0.4 is 11.1 Å². The van der Waals surface area contributed by atoms with Gasteiger partial charge in [-0.3, -0.25) is 4.79 Å². The summed E-state index contributed by atoms with van der Waals surface area (Å²) in [5.41, 5.74) is 5.57. The molecule has 1 aromatic carbocycles. The molecule has 1 amide bonds. The molecule has 3 N–H and O–H groups in total. The van der Waals surface area contributed by atoms with E-state index in [9.17, 15) is 18.0 Å². The largest absolute Gasteiger partial charge is 0.416 e. The van der Waals surface area contributed by atoms with Gasteiger partial charge in [0, 0.05) is 0 Å². The van der Waals surface area contributed by atoms with E-state index in [2.05, 4.69) is 5.32 Å². The summed E-state index contributed by atoms with van der Waals surface area (Å²) in [5, 5.41) is 2.69. The van der Waals surface area contributed by atoms with Gasteiger partial charge < -0.3 is 11.1 Å². The van der Waals surface area contributed by atoms with E-state index in [1.54, 1.807) is 6.92 Å². The number of nitrogens with two attached hydrogens (primary N) is 1. The third-order valence-corrected chi connectivity index (χ3v) is 3.03. The number of halogens is 3. The number of amides is 1. The Labute approximate surface area is 116 Å². The van der Waals surface area contributed by atoms with E-state index in [-0.39, 0.29) is 11.9 Å². The number of hydrogen-bond donors (Lipinski definition) is 2. The van der Waals surface area contributed by atoms with Gasteiger partial charge in [0.1, 0.15) is 0 Å². The fraction of sp³-hybridized carbons (Fsp3) is 0.500. The van der Waals surface area contributed by atoms with E-state index >= 15 is 0 Å². The number of nitrogens with one attached hydrogen (secondary N) is 1. The molecule has 3 nitrogen and oxygen atoms in total. The minimum Gasteiger partial charge on any atom is -0.348 e. The van der Waals surface area contributed by atoms with Crippen molar-refractivity contribution in [1.82, 2.24) is 5.32 Å². The number of alkyl halides is 3. The van der Waals surface area contributed by atoms with Crippen molar-refractivity contribution in [2.45, 2.75) is 44.9 Å². The Morgan fingerprint density at radius 3 is 2.30 bits per heavy atom. The van der Waals surface area contributed by atoms with Gasteiger partial charge in [0.15, 0.2) is 0 Å². The minimum atomic E-state index is -4.35. The summed E-state index contributed by atoms with van der Waals surface area (Å²) in [6.45, 7) is 3.63. The molecule has 0 saturated carbocycles. The Balaban J connectivity index is 2.69. The van der Waals surface area contributed by atoms with E-state index in [0.717, 1.165) is 18.6 Å². The molecule has 0 aromatic heterocycles. The fourth-order valence-corrected chi connectivity index (χ4v) is 1.81. The van der Waals surface area contributed by atoms with Crippen molar-refractivity contribution in [1.29, 1.82) is 0 Å². The fourth-order valence-electron chi connectivity index (χ4n) is 1.81. The lowest BCUT2D eigenvalue weighted by Gasteiger charge is -2.18. The van der Waals surface area contributed by atoms with E-state index in [1.165, 1.54) is 12.1 Å². The zero-order valence-electron chi connectivity index (χ0n) is 11.5. The van der Waals surface area contributed by atoms with Crippen LogP contribution >= 0.6 is 0 Å². The van der Waals surface area contributed by atoms with Crippen LogP contribution in [-0.4, -0.2) is 11.9 Å². The monoisotopic (exact) mass is 288 g/mol. The smallest absolute Gasteiger partial charge is 0.348 e. The van der Waals surface area contributed by atoms with Crippen molar-refractivity contribution in [2.24, 2.45) is 5.73 Å². The maximum absolute atomic E-state index is 12.4. The van der Waals surface area contributed by atoms with Crippen LogP contribution in [0, 0.1) is 0 Å². The van der Waals surface area contributed by atoms with Crippen LogP contribution in [0.1, 0.15) is 43.9 Å².